The average Bonchev–Trinajstić information content (AvgIpc) is 3.35. The van der Waals surface area contributed by atoms with Gasteiger partial charge in [0.2, 0.25) is 5.95 Å². The van der Waals surface area contributed by atoms with Crippen molar-refractivity contribution in [2.75, 3.05) is 18.6 Å². The van der Waals surface area contributed by atoms with Crippen LogP contribution in [0.25, 0.3) is 0 Å². The molecular formula is C30H30F3N6O3+. The van der Waals surface area contributed by atoms with Gasteiger partial charge in [-0.15, -0.1) is 5.10 Å². The van der Waals surface area contributed by atoms with Crippen LogP contribution < -0.4 is 15.9 Å². The Labute approximate surface area is 240 Å². The number of aromatic nitrogens is 3. The van der Waals surface area contributed by atoms with Crippen molar-refractivity contribution in [2.45, 2.75) is 38.9 Å². The summed E-state index contributed by atoms with van der Waals surface area (Å²) in [7, 11) is 1.19. The predicted molar refractivity (Wildman–Crippen MR) is 150 cm³/mol. The summed E-state index contributed by atoms with van der Waals surface area (Å²) in [6, 6.07) is 10.7. The van der Waals surface area contributed by atoms with Crippen molar-refractivity contribution in [1.82, 2.24) is 14.8 Å². The highest BCUT2D eigenvalue weighted by Gasteiger charge is 2.41. The van der Waals surface area contributed by atoms with Crippen molar-refractivity contribution in [3.8, 4) is 6.07 Å². The number of aromatic amines is 1. The number of hydrogen-bond acceptors (Lipinski definition) is 6. The summed E-state index contributed by atoms with van der Waals surface area (Å²) in [5.74, 6) is -0.752. The lowest BCUT2D eigenvalue weighted by Crippen LogP contribution is -2.78. The third-order valence-electron chi connectivity index (χ3n) is 6.91. The van der Waals surface area contributed by atoms with Gasteiger partial charge in [0.25, 0.3) is 0 Å². The van der Waals surface area contributed by atoms with Crippen LogP contribution in [0.5, 0.6) is 0 Å². The van der Waals surface area contributed by atoms with E-state index in [1.165, 1.54) is 28.7 Å². The number of rotatable bonds is 9. The molecule has 0 amide bonds. The molecule has 3 N–H and O–H groups in total. The number of quaternary nitrogens is 1. The van der Waals surface area contributed by atoms with E-state index in [4.69, 9.17) is 4.74 Å². The van der Waals surface area contributed by atoms with E-state index in [-0.39, 0.29) is 22.9 Å². The third kappa shape index (κ3) is 6.06. The minimum absolute atomic E-state index is 0.00670. The number of alkyl halides is 3. The highest BCUT2D eigenvalue weighted by Crippen LogP contribution is 2.43. The largest absolute Gasteiger partial charge is 0.466 e. The molecule has 0 saturated carbocycles. The third-order valence-corrected chi connectivity index (χ3v) is 6.91. The zero-order valence-corrected chi connectivity index (χ0v) is 23.3. The van der Waals surface area contributed by atoms with Gasteiger partial charge >= 0.3 is 17.8 Å². The lowest BCUT2D eigenvalue weighted by atomic mass is 9.88. The molecule has 1 aliphatic heterocycles. The number of aryl methyl sites for hydroxylation is 1. The van der Waals surface area contributed by atoms with Crippen LogP contribution in [0.1, 0.15) is 48.6 Å². The fourth-order valence-corrected chi connectivity index (χ4v) is 5.00. The number of carbonyl (C=O) groups is 1. The molecule has 1 atom stereocenters. The molecule has 2 aromatic carbocycles. The first kappa shape index (κ1) is 30.1. The van der Waals surface area contributed by atoms with Crippen molar-refractivity contribution in [1.29, 1.82) is 5.26 Å². The van der Waals surface area contributed by atoms with Gasteiger partial charge in [-0.2, -0.15) is 18.4 Å². The number of carbonyl (C=O) groups excluding carboxylic acids is 1. The summed E-state index contributed by atoms with van der Waals surface area (Å²) < 4.78 is 47.1. The van der Waals surface area contributed by atoms with Crippen LogP contribution in [0.2, 0.25) is 0 Å². The summed E-state index contributed by atoms with van der Waals surface area (Å²) >= 11 is 0. The van der Waals surface area contributed by atoms with E-state index in [9.17, 15) is 28.0 Å². The monoisotopic (exact) mass is 579 g/mol. The minimum Gasteiger partial charge on any atom is -0.466 e. The van der Waals surface area contributed by atoms with E-state index >= 15 is 0 Å². The summed E-state index contributed by atoms with van der Waals surface area (Å²) in [6.45, 7) is 4.24. The molecule has 42 heavy (non-hydrogen) atoms. The Morgan fingerprint density at radius 3 is 2.71 bits per heavy atom. The van der Waals surface area contributed by atoms with Crippen molar-refractivity contribution in [3.63, 3.8) is 0 Å². The van der Waals surface area contributed by atoms with E-state index < -0.39 is 29.4 Å². The fraction of sp³-hybridized carbons (Fsp3) is 0.267. The number of nitrogens with one attached hydrogen (secondary N) is 1. The molecule has 3 aromatic rings. The molecule has 12 heteroatoms. The maximum atomic E-state index is 13.6. The zero-order chi connectivity index (χ0) is 30.4. The number of anilines is 2. The number of esters is 1. The van der Waals surface area contributed by atoms with E-state index in [1.54, 1.807) is 25.1 Å². The molecule has 2 heterocycles. The first-order valence-electron chi connectivity index (χ1n) is 13.2. The number of ether oxygens (including phenoxy) is 1. The normalized spacial score (nSPS) is 15.4. The number of nitriles is 1. The number of benzene rings is 2. The second-order valence-corrected chi connectivity index (χ2v) is 9.54. The number of fused-ring (bicyclic) bond motifs is 1. The van der Waals surface area contributed by atoms with E-state index in [0.717, 1.165) is 24.2 Å². The van der Waals surface area contributed by atoms with Gasteiger partial charge in [-0.05, 0) is 67.8 Å². The first-order valence-corrected chi connectivity index (χ1v) is 13.2. The molecule has 0 bridgehead atoms. The van der Waals surface area contributed by atoms with Gasteiger partial charge in [0, 0.05) is 17.8 Å². The van der Waals surface area contributed by atoms with Crippen LogP contribution in [0, 0.1) is 11.3 Å². The molecule has 9 nitrogen and oxygen atoms in total. The molecule has 1 aromatic heterocycles. The number of methoxy groups -OCH3 is 1. The van der Waals surface area contributed by atoms with Crippen molar-refractivity contribution in [3.05, 3.63) is 111 Å². The number of halogens is 3. The van der Waals surface area contributed by atoms with Gasteiger partial charge in [0.05, 0.1) is 42.6 Å². The number of allylic oxidation sites excluding steroid dienone is 4. The van der Waals surface area contributed by atoms with E-state index in [1.807, 2.05) is 36.7 Å². The first-order chi connectivity index (χ1) is 20.1. The lowest BCUT2D eigenvalue weighted by molar-refractivity contribution is -0.588. The van der Waals surface area contributed by atoms with E-state index in [0.29, 0.717) is 24.0 Å². The topological polar surface area (TPSA) is 121 Å². The quantitative estimate of drug-likeness (QED) is 0.222. The van der Waals surface area contributed by atoms with E-state index in [2.05, 4.69) is 16.3 Å². The Bertz CT molecular complexity index is 1660. The second-order valence-electron chi connectivity index (χ2n) is 9.54. The fourth-order valence-electron chi connectivity index (χ4n) is 5.00. The molecule has 1 aliphatic rings. The summed E-state index contributed by atoms with van der Waals surface area (Å²) in [5, 5.41) is 18.1. The number of hydrogen-bond donors (Lipinski definition) is 2. The molecule has 4 rings (SSSR count). The van der Waals surface area contributed by atoms with Crippen molar-refractivity contribution < 1.29 is 28.0 Å². The Balaban J connectivity index is 1.86. The highest BCUT2D eigenvalue weighted by molar-refractivity contribution is 5.93. The summed E-state index contributed by atoms with van der Waals surface area (Å²) in [5.41, 5.74) is 0.519. The van der Waals surface area contributed by atoms with Crippen LogP contribution >= 0.6 is 0 Å². The van der Waals surface area contributed by atoms with Gasteiger partial charge < -0.3 is 10.1 Å². The van der Waals surface area contributed by atoms with Gasteiger partial charge in [-0.3, -0.25) is 4.90 Å². The molecule has 0 aliphatic carbocycles. The maximum absolute atomic E-state index is 13.6. The Morgan fingerprint density at radius 2 is 2.02 bits per heavy atom. The number of nitrogens with two attached hydrogens (primary N) is 1. The molecule has 0 radical (unpaired) electrons. The maximum Gasteiger partial charge on any atom is 0.416 e. The summed E-state index contributed by atoms with van der Waals surface area (Å²) in [6.07, 6.45) is 4.33. The molecule has 0 fully saturated rings. The lowest BCUT2D eigenvalue weighted by Gasteiger charge is -2.36. The van der Waals surface area contributed by atoms with Crippen LogP contribution in [0.4, 0.5) is 24.8 Å². The van der Waals surface area contributed by atoms with Crippen molar-refractivity contribution in [2.24, 2.45) is 0 Å². The Morgan fingerprint density at radius 1 is 1.24 bits per heavy atom. The molecule has 0 spiro atoms. The van der Waals surface area contributed by atoms with Gasteiger partial charge in [0.1, 0.15) is 6.04 Å². The number of H-pyrrole nitrogens is 1. The molecule has 0 unspecified atom stereocenters. The van der Waals surface area contributed by atoms with Crippen LogP contribution in [0.15, 0.2) is 83.0 Å². The highest BCUT2D eigenvalue weighted by atomic mass is 19.4. The SMILES string of the molecule is C/C=C\C=C/[NH2+]CCCc1cc(C#N)ccc1[C@@H]1C(C(=O)OC)=C(C)N(c2cccc(C(F)(F)F)c2)c2n[nH]c(=O)n21. The number of nitrogens with zero attached hydrogens (tertiary/aromatic N) is 4. The van der Waals surface area contributed by atoms with Gasteiger partial charge in [-0.25, -0.2) is 19.3 Å². The van der Waals surface area contributed by atoms with Gasteiger partial charge in [0.15, 0.2) is 0 Å². The summed E-state index contributed by atoms with van der Waals surface area (Å²) in [4.78, 5) is 27.9. The average molecular weight is 580 g/mol. The standard InChI is InChI=1S/C30H29F3N6O3/c1-4-5-6-14-35-15-8-9-21-16-20(18-34)12-13-24(21)26-25(27(40)42-3)19(2)38(28-36-37-29(41)39(26)28)23-11-7-10-22(17-23)30(31,32)33/h4-7,10-14,16-17,26,35H,8-9,15H2,1-3H3,(H,37,41)/p+1/b5-4-,14-6-/t26-/m1/s1. The van der Waals surface area contributed by atoms with Crippen LogP contribution in [0.3, 0.4) is 0 Å². The van der Waals surface area contributed by atoms with Crippen molar-refractivity contribution >= 4 is 17.6 Å². The minimum atomic E-state index is -4.61. The Hall–Kier alpha value is -4.89. The Kier molecular flexibility index (Phi) is 9.12. The van der Waals surface area contributed by atoms with Gasteiger partial charge in [-0.1, -0.05) is 24.3 Å². The van der Waals surface area contributed by atoms with Crippen LogP contribution in [-0.4, -0.2) is 34.4 Å². The molecular weight excluding hydrogens is 549 g/mol. The van der Waals surface area contributed by atoms with Crippen LogP contribution in [-0.2, 0) is 22.1 Å². The molecule has 218 valence electrons. The zero-order valence-electron chi connectivity index (χ0n) is 23.3. The second kappa shape index (κ2) is 12.7. The predicted octanol–water partition coefficient (Wildman–Crippen LogP) is 4.24. The molecule has 0 saturated heterocycles. The smallest absolute Gasteiger partial charge is 0.416 e.